The van der Waals surface area contributed by atoms with E-state index in [1.54, 1.807) is 6.07 Å². The van der Waals surface area contributed by atoms with Gasteiger partial charge in [-0.05, 0) is 37.1 Å². The number of morpholine rings is 1. The van der Waals surface area contributed by atoms with Crippen molar-refractivity contribution in [2.75, 3.05) is 26.2 Å². The Hall–Kier alpha value is -1.17. The van der Waals surface area contributed by atoms with Gasteiger partial charge in [-0.25, -0.2) is 4.39 Å². The fourth-order valence-electron chi connectivity index (χ4n) is 2.43. The average Bonchev–Trinajstić information content (AvgIpc) is 2.44. The van der Waals surface area contributed by atoms with E-state index in [1.165, 1.54) is 12.1 Å². The number of hydrogen-bond acceptors (Lipinski definition) is 3. The standard InChI is InChI=1S/C15H20FNO3.ClH/c16-13-5-3-4-12(10-13)14-11-17(8-9-20-14)7-2-1-6-15(18)19;/h3-5,10,14H,1-2,6-9,11H2,(H,18,19);1H. The molecule has 1 fully saturated rings. The molecule has 1 aromatic rings. The largest absolute Gasteiger partial charge is 0.481 e. The van der Waals surface area contributed by atoms with Crippen molar-refractivity contribution in [2.24, 2.45) is 0 Å². The lowest BCUT2D eigenvalue weighted by atomic mass is 10.1. The minimum Gasteiger partial charge on any atom is -0.481 e. The molecule has 0 bridgehead atoms. The lowest BCUT2D eigenvalue weighted by Gasteiger charge is -2.33. The van der Waals surface area contributed by atoms with Crippen LogP contribution >= 0.6 is 12.4 Å². The predicted octanol–water partition coefficient (Wildman–Crippen LogP) is 2.88. The van der Waals surface area contributed by atoms with E-state index in [2.05, 4.69) is 4.90 Å². The molecule has 1 aliphatic rings. The minimum absolute atomic E-state index is 0. The van der Waals surface area contributed by atoms with Crippen molar-refractivity contribution in [3.8, 4) is 0 Å². The van der Waals surface area contributed by atoms with Gasteiger partial charge in [0.25, 0.3) is 0 Å². The number of carboxylic acids is 1. The maximum Gasteiger partial charge on any atom is 0.303 e. The first-order chi connectivity index (χ1) is 9.65. The number of aliphatic carboxylic acids is 1. The SMILES string of the molecule is Cl.O=C(O)CCCCN1CCOC(c2cccc(F)c2)C1. The van der Waals surface area contributed by atoms with Gasteiger partial charge in [0.05, 0.1) is 12.7 Å². The van der Waals surface area contributed by atoms with Crippen LogP contribution in [0.3, 0.4) is 0 Å². The van der Waals surface area contributed by atoms with Crippen molar-refractivity contribution >= 4 is 18.4 Å². The molecule has 0 saturated carbocycles. The molecule has 1 heterocycles. The molecule has 4 nitrogen and oxygen atoms in total. The van der Waals surface area contributed by atoms with Crippen molar-refractivity contribution in [3.05, 3.63) is 35.6 Å². The van der Waals surface area contributed by atoms with E-state index in [1.807, 2.05) is 6.07 Å². The van der Waals surface area contributed by atoms with E-state index in [0.29, 0.717) is 13.0 Å². The van der Waals surface area contributed by atoms with Crippen LogP contribution in [0, 0.1) is 5.82 Å². The molecule has 1 aromatic carbocycles. The number of halogens is 2. The number of carboxylic acid groups (broad SMARTS) is 1. The van der Waals surface area contributed by atoms with Crippen molar-refractivity contribution in [3.63, 3.8) is 0 Å². The molecule has 118 valence electrons. The third kappa shape index (κ3) is 5.99. The molecule has 1 saturated heterocycles. The van der Waals surface area contributed by atoms with Gasteiger partial charge in [0.2, 0.25) is 0 Å². The normalized spacial score (nSPS) is 19.0. The number of unbranched alkanes of at least 4 members (excludes halogenated alkanes) is 1. The van der Waals surface area contributed by atoms with Gasteiger partial charge >= 0.3 is 5.97 Å². The fraction of sp³-hybridized carbons (Fsp3) is 0.533. The number of benzene rings is 1. The van der Waals surface area contributed by atoms with Gasteiger partial charge in [-0.3, -0.25) is 9.69 Å². The zero-order chi connectivity index (χ0) is 14.4. The van der Waals surface area contributed by atoms with Crippen LogP contribution < -0.4 is 0 Å². The molecule has 0 radical (unpaired) electrons. The molecular weight excluding hydrogens is 297 g/mol. The van der Waals surface area contributed by atoms with Gasteiger partial charge in [0, 0.05) is 19.5 Å². The molecule has 1 aliphatic heterocycles. The first-order valence-electron chi connectivity index (χ1n) is 6.96. The van der Waals surface area contributed by atoms with E-state index in [4.69, 9.17) is 9.84 Å². The van der Waals surface area contributed by atoms with Crippen LogP contribution in [0.5, 0.6) is 0 Å². The summed E-state index contributed by atoms with van der Waals surface area (Å²) in [7, 11) is 0. The summed E-state index contributed by atoms with van der Waals surface area (Å²) >= 11 is 0. The Labute approximate surface area is 130 Å². The van der Waals surface area contributed by atoms with Crippen LogP contribution in [0.4, 0.5) is 4.39 Å². The molecule has 0 aromatic heterocycles. The summed E-state index contributed by atoms with van der Waals surface area (Å²) in [4.78, 5) is 12.7. The zero-order valence-electron chi connectivity index (χ0n) is 11.8. The summed E-state index contributed by atoms with van der Waals surface area (Å²) in [5.41, 5.74) is 0.861. The molecule has 1 atom stereocenters. The van der Waals surface area contributed by atoms with Crippen molar-refractivity contribution in [1.29, 1.82) is 0 Å². The smallest absolute Gasteiger partial charge is 0.303 e. The zero-order valence-corrected chi connectivity index (χ0v) is 12.7. The topological polar surface area (TPSA) is 49.8 Å². The molecule has 1 unspecified atom stereocenters. The predicted molar refractivity (Wildman–Crippen MR) is 80.3 cm³/mol. The molecular formula is C15H21ClFNO3. The van der Waals surface area contributed by atoms with E-state index in [0.717, 1.165) is 31.6 Å². The molecule has 0 spiro atoms. The van der Waals surface area contributed by atoms with Gasteiger partial charge in [-0.2, -0.15) is 0 Å². The Bertz CT molecular complexity index is 458. The minimum atomic E-state index is -0.746. The van der Waals surface area contributed by atoms with Gasteiger partial charge in [0.15, 0.2) is 0 Å². The molecule has 1 N–H and O–H groups in total. The second-order valence-electron chi connectivity index (χ2n) is 5.07. The number of carbonyl (C=O) groups is 1. The molecule has 0 aliphatic carbocycles. The third-order valence-electron chi connectivity index (χ3n) is 3.49. The highest BCUT2D eigenvalue weighted by molar-refractivity contribution is 5.85. The lowest BCUT2D eigenvalue weighted by molar-refractivity contribution is -0.137. The highest BCUT2D eigenvalue weighted by Gasteiger charge is 2.21. The van der Waals surface area contributed by atoms with Gasteiger partial charge in [-0.15, -0.1) is 12.4 Å². The maximum absolute atomic E-state index is 13.2. The maximum atomic E-state index is 13.2. The number of rotatable bonds is 6. The molecule has 21 heavy (non-hydrogen) atoms. The van der Waals surface area contributed by atoms with Gasteiger partial charge in [0.1, 0.15) is 5.82 Å². The van der Waals surface area contributed by atoms with Crippen LogP contribution in [0.1, 0.15) is 30.9 Å². The van der Waals surface area contributed by atoms with Crippen molar-refractivity contribution in [2.45, 2.75) is 25.4 Å². The van der Waals surface area contributed by atoms with E-state index < -0.39 is 5.97 Å². The summed E-state index contributed by atoms with van der Waals surface area (Å²) in [5.74, 6) is -0.991. The second kappa shape index (κ2) is 8.97. The summed E-state index contributed by atoms with van der Waals surface area (Å²) in [6.45, 7) is 3.07. The highest BCUT2D eigenvalue weighted by atomic mass is 35.5. The lowest BCUT2D eigenvalue weighted by Crippen LogP contribution is -2.38. The molecule has 0 amide bonds. The van der Waals surface area contributed by atoms with E-state index in [9.17, 15) is 9.18 Å². The van der Waals surface area contributed by atoms with Gasteiger partial charge < -0.3 is 9.84 Å². The van der Waals surface area contributed by atoms with Crippen LogP contribution in [0.15, 0.2) is 24.3 Å². The first-order valence-corrected chi connectivity index (χ1v) is 6.96. The van der Waals surface area contributed by atoms with Crippen molar-refractivity contribution < 1.29 is 19.0 Å². The number of hydrogen-bond donors (Lipinski definition) is 1. The Morgan fingerprint density at radius 1 is 1.43 bits per heavy atom. The summed E-state index contributed by atoms with van der Waals surface area (Å²) in [5, 5.41) is 8.60. The van der Waals surface area contributed by atoms with Crippen LogP contribution in [0.2, 0.25) is 0 Å². The first kappa shape index (κ1) is 17.9. The number of ether oxygens (including phenoxy) is 1. The van der Waals surface area contributed by atoms with Crippen LogP contribution in [-0.2, 0) is 9.53 Å². The third-order valence-corrected chi connectivity index (χ3v) is 3.49. The van der Waals surface area contributed by atoms with E-state index >= 15 is 0 Å². The fourth-order valence-corrected chi connectivity index (χ4v) is 2.43. The Morgan fingerprint density at radius 3 is 2.95 bits per heavy atom. The Morgan fingerprint density at radius 2 is 2.24 bits per heavy atom. The van der Waals surface area contributed by atoms with Crippen LogP contribution in [0.25, 0.3) is 0 Å². The van der Waals surface area contributed by atoms with Gasteiger partial charge in [-0.1, -0.05) is 12.1 Å². The number of nitrogens with zero attached hydrogens (tertiary/aromatic N) is 1. The summed E-state index contributed by atoms with van der Waals surface area (Å²) < 4.78 is 18.9. The Balaban J connectivity index is 0.00000220. The summed E-state index contributed by atoms with van der Waals surface area (Å²) in [6.07, 6.45) is 1.68. The van der Waals surface area contributed by atoms with Crippen molar-refractivity contribution in [1.82, 2.24) is 4.90 Å². The average molecular weight is 318 g/mol. The second-order valence-corrected chi connectivity index (χ2v) is 5.07. The highest BCUT2D eigenvalue weighted by Crippen LogP contribution is 2.23. The quantitative estimate of drug-likeness (QED) is 0.820. The monoisotopic (exact) mass is 317 g/mol. The van der Waals surface area contributed by atoms with Crippen LogP contribution in [-0.4, -0.2) is 42.2 Å². The summed E-state index contributed by atoms with van der Waals surface area (Å²) in [6, 6.07) is 6.51. The van der Waals surface area contributed by atoms with E-state index in [-0.39, 0.29) is 30.7 Å². The molecule has 6 heteroatoms. The Kier molecular flexibility index (Phi) is 7.64. The molecule has 2 rings (SSSR count).